The number of hydrogen-bond acceptors (Lipinski definition) is 8. The zero-order valence-electron chi connectivity index (χ0n) is 18.2. The van der Waals surface area contributed by atoms with Crippen molar-refractivity contribution in [2.75, 3.05) is 12.0 Å². The van der Waals surface area contributed by atoms with E-state index in [4.69, 9.17) is 9.72 Å². The molecular formula is C25H18N8O. The molecule has 9 nitrogen and oxygen atoms in total. The highest BCUT2D eigenvalue weighted by atomic mass is 16.5. The van der Waals surface area contributed by atoms with Gasteiger partial charge < -0.3 is 9.64 Å². The van der Waals surface area contributed by atoms with Crippen molar-refractivity contribution in [1.29, 1.82) is 0 Å². The molecule has 0 unspecified atom stereocenters. The molecule has 1 aliphatic rings. The number of nitrogens with zero attached hydrogens (tertiary/aromatic N) is 7. The fourth-order valence-electron chi connectivity index (χ4n) is 3.86. The summed E-state index contributed by atoms with van der Waals surface area (Å²) in [6.07, 6.45) is 6.84. The van der Waals surface area contributed by atoms with Crippen LogP contribution in [0.3, 0.4) is 0 Å². The standard InChI is InChI=1S/C25H18N8O/c1-34-21-5-3-17-14-33(15-19(17)11-21)25-27-9-7-22(31-25)24-26-8-6-20(30-24)4-2-16-10-18-13-29-32-23(18)28-12-16/h3,5-13H,14-15H2,1H3,(H,28,29,32). The predicted octanol–water partition coefficient (Wildman–Crippen LogP) is 3.13. The molecule has 5 aromatic rings. The Bertz CT molecular complexity index is 1580. The first-order valence-electron chi connectivity index (χ1n) is 10.6. The number of H-pyrrole nitrogens is 1. The maximum Gasteiger partial charge on any atom is 0.226 e. The molecule has 0 fully saturated rings. The minimum atomic E-state index is 0.497. The second-order valence-electron chi connectivity index (χ2n) is 7.78. The Hall–Kier alpha value is -4.84. The van der Waals surface area contributed by atoms with Gasteiger partial charge in [-0.05, 0) is 47.4 Å². The van der Waals surface area contributed by atoms with Crippen molar-refractivity contribution in [2.24, 2.45) is 0 Å². The summed E-state index contributed by atoms with van der Waals surface area (Å²) < 4.78 is 5.35. The van der Waals surface area contributed by atoms with Gasteiger partial charge >= 0.3 is 0 Å². The largest absolute Gasteiger partial charge is 0.497 e. The molecule has 9 heteroatoms. The Labute approximate surface area is 194 Å². The van der Waals surface area contributed by atoms with E-state index in [-0.39, 0.29) is 0 Å². The van der Waals surface area contributed by atoms with Gasteiger partial charge in [0, 0.05) is 42.6 Å². The number of benzene rings is 1. The number of hydrogen-bond donors (Lipinski definition) is 1. The normalized spacial score (nSPS) is 12.3. The van der Waals surface area contributed by atoms with E-state index < -0.39 is 0 Å². The quantitative estimate of drug-likeness (QED) is 0.422. The topological polar surface area (TPSA) is 106 Å². The number of aromatic amines is 1. The summed E-state index contributed by atoms with van der Waals surface area (Å²) in [6.45, 7) is 1.46. The average Bonchev–Trinajstić information content (AvgIpc) is 3.54. The van der Waals surface area contributed by atoms with Gasteiger partial charge in [0.1, 0.15) is 17.1 Å². The van der Waals surface area contributed by atoms with Crippen LogP contribution in [-0.2, 0) is 13.1 Å². The maximum absolute atomic E-state index is 5.35. The molecule has 0 radical (unpaired) electrons. The molecule has 164 valence electrons. The summed E-state index contributed by atoms with van der Waals surface area (Å²) in [4.78, 5) is 24.6. The van der Waals surface area contributed by atoms with Crippen LogP contribution in [0.1, 0.15) is 22.4 Å². The number of anilines is 1. The Kier molecular flexibility index (Phi) is 4.81. The van der Waals surface area contributed by atoms with Gasteiger partial charge in [-0.15, -0.1) is 0 Å². The molecule has 34 heavy (non-hydrogen) atoms. The van der Waals surface area contributed by atoms with Crippen LogP contribution in [0, 0.1) is 11.8 Å². The second-order valence-corrected chi connectivity index (χ2v) is 7.78. The van der Waals surface area contributed by atoms with Gasteiger partial charge in [0.25, 0.3) is 0 Å². The van der Waals surface area contributed by atoms with Gasteiger partial charge in [0.05, 0.1) is 13.3 Å². The van der Waals surface area contributed by atoms with Gasteiger partial charge in [-0.2, -0.15) is 5.10 Å². The summed E-state index contributed by atoms with van der Waals surface area (Å²) in [6, 6.07) is 11.6. The van der Waals surface area contributed by atoms with E-state index in [1.165, 1.54) is 11.1 Å². The Balaban J connectivity index is 1.25. The van der Waals surface area contributed by atoms with Crippen molar-refractivity contribution in [3.8, 4) is 29.1 Å². The summed E-state index contributed by atoms with van der Waals surface area (Å²) in [7, 11) is 1.68. The third-order valence-electron chi connectivity index (χ3n) is 5.57. The molecule has 0 spiro atoms. The van der Waals surface area contributed by atoms with Crippen LogP contribution in [0.15, 0.2) is 61.2 Å². The number of aromatic nitrogens is 7. The zero-order chi connectivity index (χ0) is 22.9. The molecular weight excluding hydrogens is 428 g/mol. The highest BCUT2D eigenvalue weighted by molar-refractivity contribution is 5.75. The van der Waals surface area contributed by atoms with Gasteiger partial charge in [0.2, 0.25) is 5.95 Å². The maximum atomic E-state index is 5.35. The van der Waals surface area contributed by atoms with Crippen molar-refractivity contribution >= 4 is 17.0 Å². The molecule has 1 aromatic carbocycles. The summed E-state index contributed by atoms with van der Waals surface area (Å²) >= 11 is 0. The highest BCUT2D eigenvalue weighted by Gasteiger charge is 2.22. The Morgan fingerprint density at radius 2 is 1.82 bits per heavy atom. The van der Waals surface area contributed by atoms with Crippen molar-refractivity contribution < 1.29 is 4.74 Å². The first-order chi connectivity index (χ1) is 16.7. The van der Waals surface area contributed by atoms with Gasteiger partial charge in [0.15, 0.2) is 11.5 Å². The van der Waals surface area contributed by atoms with Gasteiger partial charge in [-0.25, -0.2) is 24.9 Å². The molecule has 4 aromatic heterocycles. The molecule has 5 heterocycles. The van der Waals surface area contributed by atoms with E-state index in [1.807, 2.05) is 12.1 Å². The van der Waals surface area contributed by atoms with Crippen molar-refractivity contribution in [1.82, 2.24) is 35.1 Å². The number of pyridine rings is 1. The molecule has 0 saturated heterocycles. The molecule has 1 N–H and O–H groups in total. The molecule has 6 rings (SSSR count). The number of rotatable bonds is 3. The predicted molar refractivity (Wildman–Crippen MR) is 126 cm³/mol. The lowest BCUT2D eigenvalue weighted by Gasteiger charge is -2.15. The Morgan fingerprint density at radius 3 is 2.76 bits per heavy atom. The lowest BCUT2D eigenvalue weighted by atomic mass is 10.1. The lowest BCUT2D eigenvalue weighted by molar-refractivity contribution is 0.414. The summed E-state index contributed by atoms with van der Waals surface area (Å²) in [5.41, 5.74) is 5.21. The van der Waals surface area contributed by atoms with Crippen LogP contribution < -0.4 is 9.64 Å². The molecule has 0 aliphatic carbocycles. The fourth-order valence-corrected chi connectivity index (χ4v) is 3.86. The number of methoxy groups -OCH3 is 1. The molecule has 0 bridgehead atoms. The van der Waals surface area contributed by atoms with Gasteiger partial charge in [-0.1, -0.05) is 12.0 Å². The van der Waals surface area contributed by atoms with Crippen LogP contribution in [0.5, 0.6) is 5.75 Å². The number of fused-ring (bicyclic) bond motifs is 2. The lowest BCUT2D eigenvalue weighted by Crippen LogP contribution is -2.17. The van der Waals surface area contributed by atoms with Crippen molar-refractivity contribution in [3.63, 3.8) is 0 Å². The second kappa shape index (κ2) is 8.26. The first-order valence-corrected chi connectivity index (χ1v) is 10.6. The monoisotopic (exact) mass is 446 g/mol. The average molecular weight is 446 g/mol. The molecule has 0 saturated carbocycles. The van der Waals surface area contributed by atoms with E-state index in [9.17, 15) is 0 Å². The van der Waals surface area contributed by atoms with Crippen LogP contribution in [0.2, 0.25) is 0 Å². The third-order valence-corrected chi connectivity index (χ3v) is 5.57. The third kappa shape index (κ3) is 3.78. The summed E-state index contributed by atoms with van der Waals surface area (Å²) in [5.74, 6) is 8.16. The minimum absolute atomic E-state index is 0.497. The number of nitrogens with one attached hydrogen (secondary N) is 1. The smallest absolute Gasteiger partial charge is 0.226 e. The molecule has 0 atom stereocenters. The van der Waals surface area contributed by atoms with Crippen LogP contribution >= 0.6 is 0 Å². The first kappa shape index (κ1) is 19.8. The van der Waals surface area contributed by atoms with Crippen LogP contribution in [0.4, 0.5) is 5.95 Å². The SMILES string of the molecule is COc1ccc2c(c1)CN(c1nccc(-c3nccc(C#Cc4cnc5[nH]ncc5c4)n3)n1)C2. The van der Waals surface area contributed by atoms with E-state index in [1.54, 1.807) is 44.0 Å². The zero-order valence-corrected chi connectivity index (χ0v) is 18.2. The van der Waals surface area contributed by atoms with E-state index in [2.05, 4.69) is 59.0 Å². The van der Waals surface area contributed by atoms with Gasteiger partial charge in [-0.3, -0.25) is 5.10 Å². The summed E-state index contributed by atoms with van der Waals surface area (Å²) in [5, 5.41) is 7.72. The molecule has 1 aliphatic heterocycles. The van der Waals surface area contributed by atoms with Crippen molar-refractivity contribution in [2.45, 2.75) is 13.1 Å². The van der Waals surface area contributed by atoms with Crippen LogP contribution in [0.25, 0.3) is 22.6 Å². The van der Waals surface area contributed by atoms with Crippen LogP contribution in [-0.4, -0.2) is 42.2 Å². The van der Waals surface area contributed by atoms with E-state index in [0.717, 1.165) is 35.4 Å². The number of ether oxygens (including phenoxy) is 1. The Morgan fingerprint density at radius 1 is 0.912 bits per heavy atom. The van der Waals surface area contributed by atoms with E-state index in [0.29, 0.717) is 23.2 Å². The van der Waals surface area contributed by atoms with E-state index >= 15 is 0 Å². The molecule has 0 amide bonds. The fraction of sp³-hybridized carbons (Fsp3) is 0.120. The minimum Gasteiger partial charge on any atom is -0.497 e. The highest BCUT2D eigenvalue weighted by Crippen LogP contribution is 2.29. The van der Waals surface area contributed by atoms with Crippen molar-refractivity contribution in [3.05, 3.63) is 83.6 Å².